The van der Waals surface area contributed by atoms with Crippen LogP contribution in [0.25, 0.3) is 5.57 Å². The first-order chi connectivity index (χ1) is 13.0. The second kappa shape index (κ2) is 7.95. The van der Waals surface area contributed by atoms with Crippen LogP contribution in [0.4, 0.5) is 5.69 Å². The first-order valence-electron chi connectivity index (χ1n) is 8.72. The summed E-state index contributed by atoms with van der Waals surface area (Å²) in [7, 11) is 0. The number of hydrogen-bond donors (Lipinski definition) is 0. The van der Waals surface area contributed by atoms with Crippen molar-refractivity contribution in [1.82, 2.24) is 0 Å². The maximum absolute atomic E-state index is 12.8. The monoisotopic (exact) mass is 365 g/mol. The number of rotatable bonds is 5. The third kappa shape index (κ3) is 3.95. The van der Waals surface area contributed by atoms with Crippen molar-refractivity contribution in [3.05, 3.63) is 81.9 Å². The molecule has 27 heavy (non-hydrogen) atoms. The molecule has 0 unspecified atom stereocenters. The molecule has 0 saturated carbocycles. The quantitative estimate of drug-likeness (QED) is 0.347. The van der Waals surface area contributed by atoms with E-state index in [-0.39, 0.29) is 24.0 Å². The molecule has 0 bridgehead atoms. The van der Waals surface area contributed by atoms with E-state index in [0.717, 1.165) is 16.7 Å². The number of nitro benzene ring substituents is 1. The Morgan fingerprint density at radius 3 is 2.41 bits per heavy atom. The number of nitrogens with zero attached hydrogens (tertiary/aromatic N) is 1. The molecule has 1 aliphatic carbocycles. The van der Waals surface area contributed by atoms with Gasteiger partial charge in [0.15, 0.2) is 5.78 Å². The highest BCUT2D eigenvalue weighted by Crippen LogP contribution is 2.40. The summed E-state index contributed by atoms with van der Waals surface area (Å²) in [6.45, 7) is 1.92. The van der Waals surface area contributed by atoms with Crippen molar-refractivity contribution in [3.63, 3.8) is 0 Å². The lowest BCUT2D eigenvalue weighted by Crippen LogP contribution is -2.34. The Bertz CT molecular complexity index is 887. The minimum absolute atomic E-state index is 0.00880. The van der Waals surface area contributed by atoms with Gasteiger partial charge in [0.05, 0.1) is 11.5 Å². The largest absolute Gasteiger partial charge is 0.465 e. The van der Waals surface area contributed by atoms with E-state index < -0.39 is 16.8 Å². The minimum atomic E-state index is -0.880. The zero-order valence-electron chi connectivity index (χ0n) is 14.8. The first-order valence-corrected chi connectivity index (χ1v) is 8.72. The normalized spacial score (nSPS) is 19.3. The summed E-state index contributed by atoms with van der Waals surface area (Å²) in [5.74, 6) is -2.04. The third-order valence-electron chi connectivity index (χ3n) is 4.68. The number of hydrogen-bond acceptors (Lipinski definition) is 5. The Labute approximate surface area is 156 Å². The van der Waals surface area contributed by atoms with Crippen LogP contribution in [0, 0.1) is 16.0 Å². The molecular weight excluding hydrogens is 346 g/mol. The summed E-state index contributed by atoms with van der Waals surface area (Å²) >= 11 is 0. The number of carbonyl (C=O) groups excluding carboxylic acids is 2. The number of carbonyl (C=O) groups is 2. The van der Waals surface area contributed by atoms with Crippen molar-refractivity contribution in [3.8, 4) is 0 Å². The van der Waals surface area contributed by atoms with E-state index in [9.17, 15) is 19.7 Å². The molecule has 2 aromatic carbocycles. The van der Waals surface area contributed by atoms with Crippen molar-refractivity contribution in [1.29, 1.82) is 0 Å². The Morgan fingerprint density at radius 1 is 1.15 bits per heavy atom. The van der Waals surface area contributed by atoms with Gasteiger partial charge >= 0.3 is 5.97 Å². The number of allylic oxidation sites excluding steroid dienone is 2. The minimum Gasteiger partial charge on any atom is -0.465 e. The molecule has 138 valence electrons. The van der Waals surface area contributed by atoms with E-state index in [1.54, 1.807) is 19.1 Å². The van der Waals surface area contributed by atoms with Crippen LogP contribution in [0.1, 0.15) is 30.4 Å². The van der Waals surface area contributed by atoms with Gasteiger partial charge in [-0.05, 0) is 48.3 Å². The molecule has 0 saturated heterocycles. The highest BCUT2D eigenvalue weighted by atomic mass is 16.6. The third-order valence-corrected chi connectivity index (χ3v) is 4.68. The van der Waals surface area contributed by atoms with Gasteiger partial charge in [-0.25, -0.2) is 0 Å². The topological polar surface area (TPSA) is 86.5 Å². The van der Waals surface area contributed by atoms with E-state index in [4.69, 9.17) is 4.74 Å². The number of non-ortho nitro benzene ring substituents is 1. The molecule has 2 atom stereocenters. The van der Waals surface area contributed by atoms with E-state index >= 15 is 0 Å². The molecule has 6 nitrogen and oxygen atoms in total. The fourth-order valence-electron chi connectivity index (χ4n) is 3.39. The Hall–Kier alpha value is -3.28. The molecule has 0 amide bonds. The van der Waals surface area contributed by atoms with E-state index in [1.807, 2.05) is 30.3 Å². The van der Waals surface area contributed by atoms with Crippen LogP contribution in [0.3, 0.4) is 0 Å². The van der Waals surface area contributed by atoms with Gasteiger partial charge in [-0.3, -0.25) is 19.7 Å². The average Bonchev–Trinajstić information content (AvgIpc) is 2.68. The molecule has 1 aliphatic rings. The number of benzene rings is 2. The van der Waals surface area contributed by atoms with Crippen LogP contribution in [0.15, 0.2) is 60.7 Å². The predicted molar refractivity (Wildman–Crippen MR) is 100 cm³/mol. The van der Waals surface area contributed by atoms with Crippen LogP contribution in [-0.2, 0) is 14.3 Å². The number of esters is 1. The molecule has 0 aliphatic heterocycles. The van der Waals surface area contributed by atoms with Crippen molar-refractivity contribution in [2.45, 2.75) is 19.3 Å². The van der Waals surface area contributed by atoms with Crippen molar-refractivity contribution in [2.75, 3.05) is 6.61 Å². The van der Waals surface area contributed by atoms with Gasteiger partial charge in [0.2, 0.25) is 0 Å². The average molecular weight is 365 g/mol. The summed E-state index contributed by atoms with van der Waals surface area (Å²) in [5.41, 5.74) is 2.36. The fraction of sp³-hybridized carbons (Fsp3) is 0.238. The smallest absolute Gasteiger partial charge is 0.317 e. The van der Waals surface area contributed by atoms with Gasteiger partial charge in [0, 0.05) is 18.1 Å². The van der Waals surface area contributed by atoms with Gasteiger partial charge in [-0.15, -0.1) is 0 Å². The van der Waals surface area contributed by atoms with Gasteiger partial charge in [0.25, 0.3) is 5.69 Å². The molecule has 0 spiro atoms. The van der Waals surface area contributed by atoms with Crippen molar-refractivity contribution >= 4 is 23.0 Å². The van der Waals surface area contributed by atoms with E-state index in [2.05, 4.69) is 0 Å². The summed E-state index contributed by atoms with van der Waals surface area (Å²) in [5, 5.41) is 10.8. The standard InChI is InChI=1S/C21H19NO5/c1-2-27-21(24)20-18(15-6-4-3-5-7-15)12-16(13-19(20)23)14-8-10-17(11-9-14)22(25)26/h3-11,13,18,20H,2,12H2,1H3/t18-,20-/m0/s1. The summed E-state index contributed by atoms with van der Waals surface area (Å²) in [4.78, 5) is 35.6. The lowest BCUT2D eigenvalue weighted by Gasteiger charge is -2.29. The summed E-state index contributed by atoms with van der Waals surface area (Å²) in [6.07, 6.45) is 1.93. The van der Waals surface area contributed by atoms with Crippen LogP contribution in [0.5, 0.6) is 0 Å². The maximum Gasteiger partial charge on any atom is 0.317 e. The second-order valence-corrected chi connectivity index (χ2v) is 6.33. The zero-order chi connectivity index (χ0) is 19.4. The Balaban J connectivity index is 1.98. The van der Waals surface area contributed by atoms with Gasteiger partial charge in [-0.2, -0.15) is 0 Å². The fourth-order valence-corrected chi connectivity index (χ4v) is 3.39. The molecule has 0 fully saturated rings. The lowest BCUT2D eigenvalue weighted by atomic mass is 9.73. The Kier molecular flexibility index (Phi) is 5.45. The summed E-state index contributed by atoms with van der Waals surface area (Å²) in [6, 6.07) is 15.5. The molecule has 2 aromatic rings. The van der Waals surface area contributed by atoms with Gasteiger partial charge < -0.3 is 4.74 Å². The van der Waals surface area contributed by atoms with Crippen LogP contribution in [0.2, 0.25) is 0 Å². The number of ether oxygens (including phenoxy) is 1. The molecule has 0 radical (unpaired) electrons. The van der Waals surface area contributed by atoms with Crippen molar-refractivity contribution in [2.24, 2.45) is 5.92 Å². The highest BCUT2D eigenvalue weighted by Gasteiger charge is 2.39. The predicted octanol–water partition coefficient (Wildman–Crippen LogP) is 3.91. The number of ketones is 1. The van der Waals surface area contributed by atoms with Crippen molar-refractivity contribution < 1.29 is 19.2 Å². The second-order valence-electron chi connectivity index (χ2n) is 6.33. The molecular formula is C21H19NO5. The van der Waals surface area contributed by atoms with Gasteiger partial charge in [0.1, 0.15) is 5.92 Å². The van der Waals surface area contributed by atoms with Gasteiger partial charge in [-0.1, -0.05) is 30.3 Å². The van der Waals surface area contributed by atoms with Crippen LogP contribution in [-0.4, -0.2) is 23.3 Å². The van der Waals surface area contributed by atoms with Crippen LogP contribution >= 0.6 is 0 Å². The molecule has 0 heterocycles. The van der Waals surface area contributed by atoms with E-state index in [0.29, 0.717) is 6.42 Å². The van der Waals surface area contributed by atoms with Crippen LogP contribution < -0.4 is 0 Å². The molecule has 0 N–H and O–H groups in total. The highest BCUT2D eigenvalue weighted by molar-refractivity contribution is 6.10. The summed E-state index contributed by atoms with van der Waals surface area (Å²) < 4.78 is 5.12. The Morgan fingerprint density at radius 2 is 1.81 bits per heavy atom. The SMILES string of the molecule is CCOC(=O)[C@@H]1C(=O)C=C(c2ccc([N+](=O)[O-])cc2)C[C@H]1c1ccccc1. The molecule has 6 heteroatoms. The van der Waals surface area contributed by atoms with E-state index in [1.165, 1.54) is 18.2 Å². The molecule has 3 rings (SSSR count). The maximum atomic E-state index is 12.8. The lowest BCUT2D eigenvalue weighted by molar-refractivity contribution is -0.384. The number of nitro groups is 1. The zero-order valence-corrected chi connectivity index (χ0v) is 14.8. The first kappa shape index (κ1) is 18.5. The molecule has 0 aromatic heterocycles.